The van der Waals surface area contributed by atoms with Gasteiger partial charge in [-0.05, 0) is 80.1 Å². The fourth-order valence-electron chi connectivity index (χ4n) is 7.05. The lowest BCUT2D eigenvalue weighted by Crippen LogP contribution is -2.53. The van der Waals surface area contributed by atoms with Crippen LogP contribution in [0.25, 0.3) is 0 Å². The van der Waals surface area contributed by atoms with Crippen LogP contribution in [0.4, 0.5) is 0 Å². The minimum atomic E-state index is -0.433. The molecule has 0 aromatic heterocycles. The van der Waals surface area contributed by atoms with Gasteiger partial charge < -0.3 is 24.2 Å². The first-order valence-electron chi connectivity index (χ1n) is 13.8. The van der Waals surface area contributed by atoms with E-state index in [2.05, 4.69) is 9.80 Å². The van der Waals surface area contributed by atoms with Gasteiger partial charge in [0.15, 0.2) is 11.5 Å². The Hall–Kier alpha value is -3.06. The van der Waals surface area contributed by atoms with Crippen molar-refractivity contribution in [3.63, 3.8) is 0 Å². The van der Waals surface area contributed by atoms with E-state index in [0.717, 1.165) is 49.0 Å². The normalized spacial score (nSPS) is 24.2. The Morgan fingerprint density at radius 2 is 1.57 bits per heavy atom. The maximum Gasteiger partial charge on any atom is 0.254 e. The third kappa shape index (κ3) is 4.17. The average molecular weight is 504 g/mol. The molecule has 7 heteroatoms. The van der Waals surface area contributed by atoms with Gasteiger partial charge >= 0.3 is 0 Å². The number of benzene rings is 2. The van der Waals surface area contributed by atoms with Gasteiger partial charge in [-0.15, -0.1) is 0 Å². The largest absolute Gasteiger partial charge is 0.493 e. The molecule has 2 aromatic carbocycles. The lowest BCUT2D eigenvalue weighted by Gasteiger charge is -2.47. The van der Waals surface area contributed by atoms with Crippen LogP contribution in [0, 0.1) is 0 Å². The zero-order chi connectivity index (χ0) is 25.5. The summed E-state index contributed by atoms with van der Waals surface area (Å²) in [6.45, 7) is 4.52. The van der Waals surface area contributed by atoms with E-state index in [9.17, 15) is 9.59 Å². The van der Waals surface area contributed by atoms with Crippen LogP contribution < -0.4 is 9.47 Å². The van der Waals surface area contributed by atoms with Gasteiger partial charge in [-0.25, -0.2) is 0 Å². The molecule has 0 unspecified atom stereocenters. The Bertz CT molecular complexity index is 1180. The summed E-state index contributed by atoms with van der Waals surface area (Å²) >= 11 is 0. The van der Waals surface area contributed by atoms with Crippen molar-refractivity contribution >= 4 is 11.8 Å². The number of nitrogens with zero attached hydrogens (tertiary/aromatic N) is 3. The van der Waals surface area contributed by atoms with Gasteiger partial charge in [0.1, 0.15) is 0 Å². The molecule has 4 heterocycles. The third-order valence-electron chi connectivity index (χ3n) is 8.97. The minimum absolute atomic E-state index is 0.00823. The first-order valence-corrected chi connectivity index (χ1v) is 13.8. The number of amides is 2. The fourth-order valence-corrected chi connectivity index (χ4v) is 7.05. The van der Waals surface area contributed by atoms with Gasteiger partial charge in [0.05, 0.1) is 26.2 Å². The number of piperidine rings is 2. The Kier molecular flexibility index (Phi) is 6.57. The van der Waals surface area contributed by atoms with Crippen molar-refractivity contribution < 1.29 is 19.1 Å². The minimum Gasteiger partial charge on any atom is -0.493 e. The van der Waals surface area contributed by atoms with Crippen molar-refractivity contribution in [1.29, 1.82) is 0 Å². The summed E-state index contributed by atoms with van der Waals surface area (Å²) in [4.78, 5) is 34.6. The lowest BCUT2D eigenvalue weighted by atomic mass is 9.75. The molecule has 0 N–H and O–H groups in total. The molecule has 0 aliphatic carbocycles. The number of likely N-dealkylation sites (tertiary alicyclic amines) is 2. The summed E-state index contributed by atoms with van der Waals surface area (Å²) in [6.07, 6.45) is 6.68. The predicted molar refractivity (Wildman–Crippen MR) is 141 cm³/mol. The Morgan fingerprint density at radius 1 is 0.865 bits per heavy atom. The molecule has 0 bridgehead atoms. The van der Waals surface area contributed by atoms with Crippen LogP contribution >= 0.6 is 0 Å². The standard InChI is InChI=1S/C30H37N3O4/c1-36-25-18-20-10-17-33-28(24(20)19-26(25)37-2)27(22-8-4-5-9-23(22)29(33)34)30(35)32-15-11-21(12-16-32)31-13-6-3-7-14-31/h4-5,8-9,18-19,21,27-28H,3,6-7,10-17H2,1-2H3/t27-,28+/m1/s1. The molecule has 7 nitrogen and oxygen atoms in total. The number of carbonyl (C=O) groups is 2. The topological polar surface area (TPSA) is 62.3 Å². The summed E-state index contributed by atoms with van der Waals surface area (Å²) in [7, 11) is 3.26. The summed E-state index contributed by atoms with van der Waals surface area (Å²) in [5, 5.41) is 0. The summed E-state index contributed by atoms with van der Waals surface area (Å²) in [5.74, 6) is 1.02. The number of ether oxygens (including phenoxy) is 2. The molecular formula is C30H37N3O4. The highest BCUT2D eigenvalue weighted by molar-refractivity contribution is 6.01. The molecule has 2 amide bonds. The maximum absolute atomic E-state index is 14.4. The number of methoxy groups -OCH3 is 2. The molecule has 2 fully saturated rings. The Balaban J connectivity index is 1.35. The van der Waals surface area contributed by atoms with E-state index in [4.69, 9.17) is 9.47 Å². The van der Waals surface area contributed by atoms with E-state index in [-0.39, 0.29) is 17.9 Å². The molecule has 4 aliphatic heterocycles. The van der Waals surface area contributed by atoms with E-state index in [0.29, 0.717) is 29.6 Å². The smallest absolute Gasteiger partial charge is 0.254 e. The molecule has 2 saturated heterocycles. The van der Waals surface area contributed by atoms with E-state index >= 15 is 0 Å². The molecule has 196 valence electrons. The number of fused-ring (bicyclic) bond motifs is 4. The Morgan fingerprint density at radius 3 is 2.30 bits per heavy atom. The molecule has 0 saturated carbocycles. The molecule has 0 radical (unpaired) electrons. The predicted octanol–water partition coefficient (Wildman–Crippen LogP) is 4.02. The van der Waals surface area contributed by atoms with Crippen LogP contribution in [0.5, 0.6) is 11.5 Å². The second-order valence-electron chi connectivity index (χ2n) is 10.8. The quantitative estimate of drug-likeness (QED) is 0.631. The average Bonchev–Trinajstić information content (AvgIpc) is 2.96. The number of hydrogen-bond donors (Lipinski definition) is 0. The highest BCUT2D eigenvalue weighted by Crippen LogP contribution is 2.49. The number of carbonyl (C=O) groups excluding carboxylic acids is 2. The van der Waals surface area contributed by atoms with Gasteiger partial charge in [0.25, 0.3) is 5.91 Å². The van der Waals surface area contributed by atoms with Crippen LogP contribution in [0.3, 0.4) is 0 Å². The van der Waals surface area contributed by atoms with Crippen molar-refractivity contribution in [3.05, 3.63) is 58.7 Å². The van der Waals surface area contributed by atoms with E-state index in [1.807, 2.05) is 41.3 Å². The molecule has 37 heavy (non-hydrogen) atoms. The fraction of sp³-hybridized carbons (Fsp3) is 0.533. The van der Waals surface area contributed by atoms with Crippen molar-refractivity contribution in [2.75, 3.05) is 46.9 Å². The monoisotopic (exact) mass is 503 g/mol. The molecule has 2 aromatic rings. The van der Waals surface area contributed by atoms with Crippen molar-refractivity contribution in [2.24, 2.45) is 0 Å². The van der Waals surface area contributed by atoms with Gasteiger partial charge in [-0.3, -0.25) is 9.59 Å². The summed E-state index contributed by atoms with van der Waals surface area (Å²) in [6, 6.07) is 11.9. The van der Waals surface area contributed by atoms with Crippen LogP contribution in [0.15, 0.2) is 36.4 Å². The van der Waals surface area contributed by atoms with E-state index < -0.39 is 5.92 Å². The second kappa shape index (κ2) is 10.0. The number of rotatable bonds is 4. The van der Waals surface area contributed by atoms with Crippen molar-refractivity contribution in [1.82, 2.24) is 14.7 Å². The zero-order valence-electron chi connectivity index (χ0n) is 21.9. The van der Waals surface area contributed by atoms with Crippen molar-refractivity contribution in [3.8, 4) is 11.5 Å². The lowest BCUT2D eigenvalue weighted by molar-refractivity contribution is -0.136. The van der Waals surface area contributed by atoms with Gasteiger partial charge in [-0.1, -0.05) is 24.6 Å². The molecule has 4 aliphatic rings. The second-order valence-corrected chi connectivity index (χ2v) is 10.8. The molecule has 6 rings (SSSR count). The zero-order valence-corrected chi connectivity index (χ0v) is 21.9. The highest BCUT2D eigenvalue weighted by atomic mass is 16.5. The Labute approximate surface area is 219 Å². The van der Waals surface area contributed by atoms with Crippen LogP contribution in [0.1, 0.15) is 71.1 Å². The van der Waals surface area contributed by atoms with Gasteiger partial charge in [-0.2, -0.15) is 0 Å². The van der Waals surface area contributed by atoms with E-state index in [1.165, 1.54) is 32.4 Å². The van der Waals surface area contributed by atoms with Gasteiger partial charge in [0, 0.05) is 31.2 Å². The maximum atomic E-state index is 14.4. The molecular weight excluding hydrogens is 466 g/mol. The van der Waals surface area contributed by atoms with Crippen LogP contribution in [-0.4, -0.2) is 79.5 Å². The third-order valence-corrected chi connectivity index (χ3v) is 8.97. The molecule has 0 spiro atoms. The van der Waals surface area contributed by atoms with Crippen LogP contribution in [-0.2, 0) is 11.2 Å². The van der Waals surface area contributed by atoms with Gasteiger partial charge in [0.2, 0.25) is 5.91 Å². The number of hydrogen-bond acceptors (Lipinski definition) is 5. The summed E-state index contributed by atoms with van der Waals surface area (Å²) in [5.41, 5.74) is 3.62. The SMILES string of the molecule is COc1cc2c(cc1OC)[C@H]1[C@H](C(=O)N3CCC(N4CCCCC4)CC3)c3ccccc3C(=O)N1CC2. The first-order chi connectivity index (χ1) is 18.1. The van der Waals surface area contributed by atoms with Crippen LogP contribution in [0.2, 0.25) is 0 Å². The summed E-state index contributed by atoms with van der Waals surface area (Å²) < 4.78 is 11.2. The molecule has 2 atom stereocenters. The highest BCUT2D eigenvalue weighted by Gasteiger charge is 2.48. The van der Waals surface area contributed by atoms with E-state index in [1.54, 1.807) is 14.2 Å². The first kappa shape index (κ1) is 24.3. The van der Waals surface area contributed by atoms with Crippen molar-refractivity contribution in [2.45, 2.75) is 56.5 Å².